The first kappa shape index (κ1) is 22.5. The fourth-order valence-corrected chi connectivity index (χ4v) is 4.13. The van der Waals surface area contributed by atoms with Gasteiger partial charge in [0.25, 0.3) is 0 Å². The van der Waals surface area contributed by atoms with Crippen molar-refractivity contribution in [2.45, 2.75) is 24.6 Å². The van der Waals surface area contributed by atoms with Crippen molar-refractivity contribution in [2.24, 2.45) is 0 Å². The van der Waals surface area contributed by atoms with Crippen molar-refractivity contribution in [1.82, 2.24) is 20.1 Å². The zero-order chi connectivity index (χ0) is 15.9. The van der Waals surface area contributed by atoms with Gasteiger partial charge in [0.2, 0.25) is 5.91 Å². The van der Waals surface area contributed by atoms with Crippen molar-refractivity contribution < 1.29 is 4.79 Å². The van der Waals surface area contributed by atoms with Gasteiger partial charge in [-0.25, -0.2) is 0 Å². The largest absolute Gasteiger partial charge is 0.341 e. The fraction of sp³-hybridized carbons (Fsp3) is 0.647. The standard InChI is InChI=1S/C17H26N4OS.2ClH/c22-17(5-12-23-14-15-3-1-2-6-19-15)21-9-4-16(13-21)20-10-7-18-8-11-20;;/h1-3,6,16,18H,4-5,7-14H2;2*1H. The minimum atomic E-state index is 0. The second kappa shape index (κ2) is 12.0. The predicted molar refractivity (Wildman–Crippen MR) is 109 cm³/mol. The molecule has 1 unspecified atom stereocenters. The van der Waals surface area contributed by atoms with Crippen LogP contribution in [0.25, 0.3) is 0 Å². The molecular formula is C17H28Cl2N4OS. The average Bonchev–Trinajstić information content (AvgIpc) is 3.10. The summed E-state index contributed by atoms with van der Waals surface area (Å²) in [6.45, 7) is 6.24. The SMILES string of the molecule is Cl.Cl.O=C(CCSCc1ccccn1)N1CCC(N2CCNCC2)C1. The summed E-state index contributed by atoms with van der Waals surface area (Å²) in [5.74, 6) is 2.08. The Labute approximate surface area is 167 Å². The molecule has 2 saturated heterocycles. The number of piperazine rings is 1. The molecule has 1 N–H and O–H groups in total. The quantitative estimate of drug-likeness (QED) is 0.732. The third-order valence-corrected chi connectivity index (χ3v) is 5.61. The molecule has 8 heteroatoms. The summed E-state index contributed by atoms with van der Waals surface area (Å²) >= 11 is 1.79. The minimum Gasteiger partial charge on any atom is -0.341 e. The number of thioether (sulfide) groups is 1. The number of pyridine rings is 1. The van der Waals surface area contributed by atoms with E-state index in [-0.39, 0.29) is 24.8 Å². The molecule has 5 nitrogen and oxygen atoms in total. The number of hydrogen-bond donors (Lipinski definition) is 1. The Kier molecular flexibility index (Phi) is 10.8. The molecule has 3 heterocycles. The van der Waals surface area contributed by atoms with E-state index >= 15 is 0 Å². The highest BCUT2D eigenvalue weighted by atomic mass is 35.5. The third-order valence-electron chi connectivity index (χ3n) is 4.62. The van der Waals surface area contributed by atoms with Gasteiger partial charge in [0.15, 0.2) is 0 Å². The van der Waals surface area contributed by atoms with Gasteiger partial charge >= 0.3 is 0 Å². The monoisotopic (exact) mass is 406 g/mol. The summed E-state index contributed by atoms with van der Waals surface area (Å²) in [6.07, 6.45) is 3.60. The number of nitrogens with zero attached hydrogens (tertiary/aromatic N) is 3. The van der Waals surface area contributed by atoms with Crippen molar-refractivity contribution >= 4 is 42.5 Å². The zero-order valence-electron chi connectivity index (χ0n) is 14.4. The van der Waals surface area contributed by atoms with Crippen LogP contribution in [0.1, 0.15) is 18.5 Å². The zero-order valence-corrected chi connectivity index (χ0v) is 16.9. The van der Waals surface area contributed by atoms with Gasteiger partial charge in [-0.3, -0.25) is 14.7 Å². The Balaban J connectivity index is 0.00000156. The molecule has 2 aliphatic heterocycles. The number of carbonyl (C=O) groups is 1. The van der Waals surface area contributed by atoms with E-state index in [1.807, 2.05) is 24.4 Å². The molecule has 1 aromatic heterocycles. The molecule has 0 radical (unpaired) electrons. The van der Waals surface area contributed by atoms with Crippen molar-refractivity contribution in [3.05, 3.63) is 30.1 Å². The number of carbonyl (C=O) groups excluding carboxylic acids is 1. The highest BCUT2D eigenvalue weighted by Crippen LogP contribution is 2.18. The van der Waals surface area contributed by atoms with Gasteiger partial charge in [0, 0.05) is 69.4 Å². The molecule has 142 valence electrons. The van der Waals surface area contributed by atoms with Crippen LogP contribution in [0.3, 0.4) is 0 Å². The normalized spacial score (nSPS) is 20.6. The topological polar surface area (TPSA) is 48.5 Å². The first-order valence-corrected chi connectivity index (χ1v) is 9.68. The van der Waals surface area contributed by atoms with Gasteiger partial charge in [-0.15, -0.1) is 24.8 Å². The first-order chi connectivity index (χ1) is 11.3. The molecule has 2 fully saturated rings. The van der Waals surface area contributed by atoms with Crippen LogP contribution in [0.4, 0.5) is 0 Å². The highest BCUT2D eigenvalue weighted by Gasteiger charge is 2.30. The van der Waals surface area contributed by atoms with Crippen LogP contribution < -0.4 is 5.32 Å². The maximum Gasteiger partial charge on any atom is 0.223 e. The lowest BCUT2D eigenvalue weighted by molar-refractivity contribution is -0.129. The lowest BCUT2D eigenvalue weighted by Crippen LogP contribution is -2.49. The van der Waals surface area contributed by atoms with Crippen molar-refractivity contribution in [2.75, 3.05) is 45.0 Å². The molecule has 25 heavy (non-hydrogen) atoms. The van der Waals surface area contributed by atoms with E-state index in [4.69, 9.17) is 0 Å². The van der Waals surface area contributed by atoms with Gasteiger partial charge in [-0.1, -0.05) is 6.07 Å². The molecule has 0 saturated carbocycles. The second-order valence-electron chi connectivity index (χ2n) is 6.19. The van der Waals surface area contributed by atoms with E-state index in [0.717, 1.165) is 62.9 Å². The van der Waals surface area contributed by atoms with Crippen molar-refractivity contribution in [3.63, 3.8) is 0 Å². The fourth-order valence-electron chi connectivity index (χ4n) is 3.29. The van der Waals surface area contributed by atoms with Crippen LogP contribution in [0.2, 0.25) is 0 Å². The average molecular weight is 407 g/mol. The summed E-state index contributed by atoms with van der Waals surface area (Å²) in [7, 11) is 0. The van der Waals surface area contributed by atoms with Gasteiger partial charge in [0.05, 0.1) is 5.69 Å². The number of likely N-dealkylation sites (tertiary alicyclic amines) is 1. The van der Waals surface area contributed by atoms with Crippen LogP contribution in [0.15, 0.2) is 24.4 Å². The van der Waals surface area contributed by atoms with Crippen LogP contribution in [0, 0.1) is 0 Å². The van der Waals surface area contributed by atoms with E-state index < -0.39 is 0 Å². The van der Waals surface area contributed by atoms with E-state index in [1.165, 1.54) is 0 Å². The number of nitrogens with one attached hydrogen (secondary N) is 1. The predicted octanol–water partition coefficient (Wildman–Crippen LogP) is 2.05. The Morgan fingerprint density at radius 3 is 2.76 bits per heavy atom. The molecule has 3 rings (SSSR count). The van der Waals surface area contributed by atoms with Crippen LogP contribution in [-0.2, 0) is 10.5 Å². The number of rotatable bonds is 6. The van der Waals surface area contributed by atoms with Gasteiger partial charge < -0.3 is 10.2 Å². The number of aromatic nitrogens is 1. The third kappa shape index (κ3) is 6.94. The van der Waals surface area contributed by atoms with Gasteiger partial charge in [-0.05, 0) is 18.6 Å². The van der Waals surface area contributed by atoms with Crippen LogP contribution in [-0.4, -0.2) is 71.8 Å². The Morgan fingerprint density at radius 2 is 2.04 bits per heavy atom. The second-order valence-corrected chi connectivity index (χ2v) is 7.30. The number of hydrogen-bond acceptors (Lipinski definition) is 5. The van der Waals surface area contributed by atoms with Gasteiger partial charge in [-0.2, -0.15) is 11.8 Å². The maximum atomic E-state index is 12.4. The molecule has 0 spiro atoms. The summed E-state index contributed by atoms with van der Waals surface area (Å²) in [4.78, 5) is 21.3. The Bertz CT molecular complexity index is 503. The molecule has 0 aliphatic carbocycles. The van der Waals surface area contributed by atoms with Gasteiger partial charge in [0.1, 0.15) is 0 Å². The lowest BCUT2D eigenvalue weighted by atomic mass is 10.2. The molecule has 1 aromatic rings. The van der Waals surface area contributed by atoms with E-state index in [2.05, 4.69) is 20.1 Å². The lowest BCUT2D eigenvalue weighted by Gasteiger charge is -2.32. The molecule has 1 amide bonds. The highest BCUT2D eigenvalue weighted by molar-refractivity contribution is 7.98. The van der Waals surface area contributed by atoms with Crippen molar-refractivity contribution in [1.29, 1.82) is 0 Å². The van der Waals surface area contributed by atoms with Crippen LogP contribution in [0.5, 0.6) is 0 Å². The summed E-state index contributed by atoms with van der Waals surface area (Å²) in [5, 5.41) is 3.39. The molecule has 0 aromatic carbocycles. The Hall–Kier alpha value is -0.530. The summed E-state index contributed by atoms with van der Waals surface area (Å²) < 4.78 is 0. The first-order valence-electron chi connectivity index (χ1n) is 8.53. The smallest absolute Gasteiger partial charge is 0.223 e. The van der Waals surface area contributed by atoms with E-state index in [1.54, 1.807) is 11.8 Å². The summed E-state index contributed by atoms with van der Waals surface area (Å²) in [5.41, 5.74) is 1.09. The molecule has 2 aliphatic rings. The van der Waals surface area contributed by atoms with E-state index in [9.17, 15) is 4.79 Å². The van der Waals surface area contributed by atoms with E-state index in [0.29, 0.717) is 18.4 Å². The Morgan fingerprint density at radius 1 is 1.24 bits per heavy atom. The summed E-state index contributed by atoms with van der Waals surface area (Å²) in [6, 6.07) is 6.55. The van der Waals surface area contributed by atoms with Crippen molar-refractivity contribution in [3.8, 4) is 0 Å². The number of amides is 1. The molecule has 0 bridgehead atoms. The number of halogens is 2. The van der Waals surface area contributed by atoms with Crippen LogP contribution >= 0.6 is 36.6 Å². The minimum absolute atomic E-state index is 0. The molecular weight excluding hydrogens is 379 g/mol. The molecule has 1 atom stereocenters. The maximum absolute atomic E-state index is 12.4.